The molecule has 1 aliphatic heterocycles. The molecule has 110 valence electrons. The molecule has 0 amide bonds. The molecule has 1 aromatic heterocycles. The van der Waals surface area contributed by atoms with Gasteiger partial charge in [-0.05, 0) is 35.1 Å². The van der Waals surface area contributed by atoms with Gasteiger partial charge in [-0.1, -0.05) is 29.8 Å². The first kappa shape index (κ1) is 14.6. The lowest BCUT2D eigenvalue weighted by Crippen LogP contribution is -2.39. The highest BCUT2D eigenvalue weighted by atomic mass is 35.5. The standard InChI is InChI=1S/C16H16ClNO2S/c1-20-14(19)10-18-8-6-11-7-9-21-16(11)15(18)12-4-2-3-5-13(12)17/h2-5,7,9,15H,6,8,10H2,1H3. The van der Waals surface area contributed by atoms with Crippen LogP contribution in [-0.2, 0) is 16.0 Å². The monoisotopic (exact) mass is 321 g/mol. The van der Waals surface area contributed by atoms with E-state index in [-0.39, 0.29) is 18.6 Å². The first-order valence-electron chi connectivity index (χ1n) is 6.82. The van der Waals surface area contributed by atoms with Crippen LogP contribution in [0.2, 0.25) is 5.02 Å². The molecule has 0 fully saturated rings. The first-order chi connectivity index (χ1) is 10.2. The average Bonchev–Trinajstić information content (AvgIpc) is 2.96. The molecule has 3 rings (SSSR count). The third kappa shape index (κ3) is 2.84. The zero-order chi connectivity index (χ0) is 14.8. The topological polar surface area (TPSA) is 29.5 Å². The van der Waals surface area contributed by atoms with Gasteiger partial charge in [0.1, 0.15) is 0 Å². The Hall–Kier alpha value is -1.36. The first-order valence-corrected chi connectivity index (χ1v) is 8.08. The number of benzene rings is 1. The summed E-state index contributed by atoms with van der Waals surface area (Å²) in [4.78, 5) is 15.1. The molecule has 0 aliphatic carbocycles. The van der Waals surface area contributed by atoms with Gasteiger partial charge in [0.25, 0.3) is 0 Å². The van der Waals surface area contributed by atoms with Gasteiger partial charge < -0.3 is 4.74 Å². The molecule has 1 aliphatic rings. The van der Waals surface area contributed by atoms with Gasteiger partial charge in [0.05, 0.1) is 19.7 Å². The minimum atomic E-state index is -0.216. The van der Waals surface area contributed by atoms with Crippen LogP contribution in [0.4, 0.5) is 0 Å². The molecular formula is C16H16ClNO2S. The van der Waals surface area contributed by atoms with Crippen molar-refractivity contribution in [1.29, 1.82) is 0 Å². The van der Waals surface area contributed by atoms with Crippen molar-refractivity contribution in [2.45, 2.75) is 12.5 Å². The number of hydrogen-bond donors (Lipinski definition) is 0. The predicted molar refractivity (Wildman–Crippen MR) is 84.9 cm³/mol. The van der Waals surface area contributed by atoms with Gasteiger partial charge in [-0.25, -0.2) is 0 Å². The van der Waals surface area contributed by atoms with E-state index in [1.165, 1.54) is 17.6 Å². The molecule has 2 aromatic rings. The molecule has 5 heteroatoms. The lowest BCUT2D eigenvalue weighted by Gasteiger charge is -2.35. The largest absolute Gasteiger partial charge is 0.468 e. The Morgan fingerprint density at radius 3 is 3.00 bits per heavy atom. The van der Waals surface area contributed by atoms with E-state index in [1.54, 1.807) is 11.3 Å². The van der Waals surface area contributed by atoms with Crippen molar-refractivity contribution >= 4 is 28.9 Å². The second-order valence-corrected chi connectivity index (χ2v) is 6.39. The number of rotatable bonds is 3. The number of thiophene rings is 1. The van der Waals surface area contributed by atoms with Crippen LogP contribution in [0.25, 0.3) is 0 Å². The van der Waals surface area contributed by atoms with Crippen LogP contribution in [0, 0.1) is 0 Å². The van der Waals surface area contributed by atoms with Gasteiger partial charge in [-0.15, -0.1) is 11.3 Å². The number of fused-ring (bicyclic) bond motifs is 1. The van der Waals surface area contributed by atoms with Gasteiger partial charge >= 0.3 is 5.97 Å². The highest BCUT2D eigenvalue weighted by Gasteiger charge is 2.32. The molecule has 2 heterocycles. The number of halogens is 1. The van der Waals surface area contributed by atoms with E-state index in [9.17, 15) is 4.79 Å². The predicted octanol–water partition coefficient (Wildman–Crippen LogP) is 3.52. The molecule has 21 heavy (non-hydrogen) atoms. The summed E-state index contributed by atoms with van der Waals surface area (Å²) in [5, 5.41) is 2.84. The highest BCUT2D eigenvalue weighted by molar-refractivity contribution is 7.10. The lowest BCUT2D eigenvalue weighted by atomic mass is 9.95. The Kier molecular flexibility index (Phi) is 4.29. The minimum Gasteiger partial charge on any atom is -0.468 e. The molecule has 0 radical (unpaired) electrons. The summed E-state index contributed by atoms with van der Waals surface area (Å²) in [5.41, 5.74) is 2.40. The summed E-state index contributed by atoms with van der Waals surface area (Å²) in [7, 11) is 1.42. The van der Waals surface area contributed by atoms with Crippen molar-refractivity contribution in [3.8, 4) is 0 Å². The Bertz CT molecular complexity index is 655. The SMILES string of the molecule is COC(=O)CN1CCc2ccsc2C1c1ccccc1Cl. The van der Waals surface area contributed by atoms with Gasteiger partial charge in [0, 0.05) is 16.4 Å². The zero-order valence-electron chi connectivity index (χ0n) is 11.7. The number of hydrogen-bond acceptors (Lipinski definition) is 4. The molecular weight excluding hydrogens is 306 g/mol. The Morgan fingerprint density at radius 2 is 2.24 bits per heavy atom. The molecule has 0 N–H and O–H groups in total. The van der Waals surface area contributed by atoms with Crippen LogP contribution in [0.5, 0.6) is 0 Å². The Balaban J connectivity index is 2.02. The van der Waals surface area contributed by atoms with E-state index in [1.807, 2.05) is 24.3 Å². The van der Waals surface area contributed by atoms with E-state index in [2.05, 4.69) is 16.3 Å². The summed E-state index contributed by atoms with van der Waals surface area (Å²) in [5.74, 6) is -0.216. The van der Waals surface area contributed by atoms with Crippen LogP contribution in [-0.4, -0.2) is 31.1 Å². The van der Waals surface area contributed by atoms with E-state index in [0.717, 1.165) is 23.6 Å². The van der Waals surface area contributed by atoms with Crippen LogP contribution < -0.4 is 0 Å². The van der Waals surface area contributed by atoms with Crippen molar-refractivity contribution in [2.24, 2.45) is 0 Å². The third-order valence-corrected chi connectivity index (χ3v) is 5.18. The van der Waals surface area contributed by atoms with Gasteiger partial charge in [0.15, 0.2) is 0 Å². The fraction of sp³-hybridized carbons (Fsp3) is 0.312. The van der Waals surface area contributed by atoms with Gasteiger partial charge in [-0.3, -0.25) is 9.69 Å². The van der Waals surface area contributed by atoms with Crippen LogP contribution in [0.15, 0.2) is 35.7 Å². The number of carbonyl (C=O) groups excluding carboxylic acids is 1. The molecule has 1 atom stereocenters. The number of esters is 1. The number of ether oxygens (including phenoxy) is 1. The second kappa shape index (κ2) is 6.18. The fourth-order valence-electron chi connectivity index (χ4n) is 2.79. The molecule has 3 nitrogen and oxygen atoms in total. The van der Waals surface area contributed by atoms with E-state index < -0.39 is 0 Å². The maximum atomic E-state index is 11.7. The Labute approximate surface area is 133 Å². The molecule has 1 unspecified atom stereocenters. The number of carbonyl (C=O) groups is 1. The van der Waals surface area contributed by atoms with Gasteiger partial charge in [0.2, 0.25) is 0 Å². The fourth-order valence-corrected chi connectivity index (χ4v) is 4.13. The smallest absolute Gasteiger partial charge is 0.319 e. The number of methoxy groups -OCH3 is 1. The van der Waals surface area contributed by atoms with Crippen molar-refractivity contribution in [1.82, 2.24) is 4.90 Å². The summed E-state index contributed by atoms with van der Waals surface area (Å²) >= 11 is 8.11. The maximum Gasteiger partial charge on any atom is 0.319 e. The lowest BCUT2D eigenvalue weighted by molar-refractivity contribution is -0.142. The van der Waals surface area contributed by atoms with Crippen LogP contribution in [0.1, 0.15) is 22.0 Å². The maximum absolute atomic E-state index is 11.7. The molecule has 0 spiro atoms. The van der Waals surface area contributed by atoms with Gasteiger partial charge in [-0.2, -0.15) is 0 Å². The van der Waals surface area contributed by atoms with E-state index >= 15 is 0 Å². The van der Waals surface area contributed by atoms with Crippen LogP contribution in [0.3, 0.4) is 0 Å². The molecule has 0 bridgehead atoms. The van der Waals surface area contributed by atoms with Crippen molar-refractivity contribution in [2.75, 3.05) is 20.2 Å². The second-order valence-electron chi connectivity index (χ2n) is 5.03. The van der Waals surface area contributed by atoms with Crippen molar-refractivity contribution in [3.05, 3.63) is 56.7 Å². The average molecular weight is 322 g/mol. The van der Waals surface area contributed by atoms with E-state index in [4.69, 9.17) is 16.3 Å². The van der Waals surface area contributed by atoms with Crippen molar-refractivity contribution < 1.29 is 9.53 Å². The van der Waals surface area contributed by atoms with Crippen molar-refractivity contribution in [3.63, 3.8) is 0 Å². The number of nitrogens with zero attached hydrogens (tertiary/aromatic N) is 1. The molecule has 0 saturated heterocycles. The third-order valence-electron chi connectivity index (χ3n) is 3.82. The summed E-state index contributed by atoms with van der Waals surface area (Å²) in [6, 6.07) is 10.0. The summed E-state index contributed by atoms with van der Waals surface area (Å²) in [6.07, 6.45) is 0.955. The minimum absolute atomic E-state index is 0.0292. The highest BCUT2D eigenvalue weighted by Crippen LogP contribution is 2.40. The summed E-state index contributed by atoms with van der Waals surface area (Å²) < 4.78 is 4.83. The zero-order valence-corrected chi connectivity index (χ0v) is 13.3. The quantitative estimate of drug-likeness (QED) is 0.810. The molecule has 0 saturated carbocycles. The normalized spacial score (nSPS) is 18.3. The van der Waals surface area contributed by atoms with Crippen LogP contribution >= 0.6 is 22.9 Å². The molecule has 1 aromatic carbocycles. The Morgan fingerprint density at radius 1 is 1.43 bits per heavy atom. The summed E-state index contributed by atoms with van der Waals surface area (Å²) in [6.45, 7) is 1.11. The van der Waals surface area contributed by atoms with E-state index in [0.29, 0.717) is 0 Å².